The lowest BCUT2D eigenvalue weighted by Crippen LogP contribution is -2.00. The van der Waals surface area contributed by atoms with E-state index in [1.165, 1.54) is 0 Å². The van der Waals surface area contributed by atoms with E-state index in [2.05, 4.69) is 6.58 Å². The van der Waals surface area contributed by atoms with E-state index in [0.717, 1.165) is 6.42 Å². The zero-order chi connectivity index (χ0) is 7.28. The standard InChI is InChI=1S/C7H13NO/c1-4-5-7(9-3)6(2)8/h5H,2,4,8H2,1,3H3/b7-5+. The van der Waals surface area contributed by atoms with Crippen molar-refractivity contribution in [1.29, 1.82) is 0 Å². The average molecular weight is 127 g/mol. The predicted octanol–water partition coefficient (Wildman–Crippen LogP) is 1.40. The van der Waals surface area contributed by atoms with Crippen molar-refractivity contribution in [3.63, 3.8) is 0 Å². The molecule has 0 aliphatic carbocycles. The van der Waals surface area contributed by atoms with Gasteiger partial charge in [-0.1, -0.05) is 13.5 Å². The highest BCUT2D eigenvalue weighted by molar-refractivity contribution is 5.18. The molecule has 0 amide bonds. The summed E-state index contributed by atoms with van der Waals surface area (Å²) in [5.41, 5.74) is 5.83. The van der Waals surface area contributed by atoms with Gasteiger partial charge in [0, 0.05) is 0 Å². The number of allylic oxidation sites excluding steroid dienone is 1. The Balaban J connectivity index is 3.98. The van der Waals surface area contributed by atoms with Crippen LogP contribution < -0.4 is 5.73 Å². The average Bonchev–Trinajstić information content (AvgIpc) is 1.82. The first-order valence-corrected chi connectivity index (χ1v) is 2.91. The summed E-state index contributed by atoms with van der Waals surface area (Å²) in [6, 6.07) is 0. The summed E-state index contributed by atoms with van der Waals surface area (Å²) in [5, 5.41) is 0. The summed E-state index contributed by atoms with van der Waals surface area (Å²) >= 11 is 0. The van der Waals surface area contributed by atoms with Gasteiger partial charge in [0.25, 0.3) is 0 Å². The van der Waals surface area contributed by atoms with Gasteiger partial charge < -0.3 is 10.5 Å². The van der Waals surface area contributed by atoms with E-state index in [-0.39, 0.29) is 0 Å². The maximum absolute atomic E-state index is 5.35. The van der Waals surface area contributed by atoms with E-state index in [4.69, 9.17) is 10.5 Å². The van der Waals surface area contributed by atoms with E-state index in [0.29, 0.717) is 11.5 Å². The summed E-state index contributed by atoms with van der Waals surface area (Å²) in [4.78, 5) is 0. The molecular formula is C7H13NO. The third-order valence-corrected chi connectivity index (χ3v) is 0.926. The number of methoxy groups -OCH3 is 1. The third kappa shape index (κ3) is 2.80. The lowest BCUT2D eigenvalue weighted by atomic mass is 10.3. The molecule has 0 saturated heterocycles. The zero-order valence-corrected chi connectivity index (χ0v) is 5.98. The molecule has 0 radical (unpaired) electrons. The first-order chi connectivity index (χ1) is 4.22. The molecular weight excluding hydrogens is 114 g/mol. The van der Waals surface area contributed by atoms with Crippen molar-refractivity contribution >= 4 is 0 Å². The van der Waals surface area contributed by atoms with Crippen molar-refractivity contribution in [3.05, 3.63) is 24.1 Å². The smallest absolute Gasteiger partial charge is 0.137 e. The van der Waals surface area contributed by atoms with Gasteiger partial charge in [-0.25, -0.2) is 0 Å². The van der Waals surface area contributed by atoms with E-state index >= 15 is 0 Å². The Morgan fingerprint density at radius 1 is 1.78 bits per heavy atom. The molecule has 2 N–H and O–H groups in total. The molecule has 0 saturated carbocycles. The van der Waals surface area contributed by atoms with Crippen molar-refractivity contribution < 1.29 is 4.74 Å². The fourth-order valence-corrected chi connectivity index (χ4v) is 0.531. The van der Waals surface area contributed by atoms with Crippen molar-refractivity contribution in [2.24, 2.45) is 5.73 Å². The Kier molecular flexibility index (Phi) is 3.60. The summed E-state index contributed by atoms with van der Waals surface area (Å²) in [6.45, 7) is 5.55. The van der Waals surface area contributed by atoms with E-state index in [1.54, 1.807) is 7.11 Å². The molecule has 0 bridgehead atoms. The minimum atomic E-state index is 0.486. The molecule has 0 heterocycles. The molecule has 0 atom stereocenters. The maximum atomic E-state index is 5.35. The largest absolute Gasteiger partial charge is 0.495 e. The SMILES string of the molecule is C=C(N)/C(=C\CC)OC. The van der Waals surface area contributed by atoms with Gasteiger partial charge in [-0.15, -0.1) is 0 Å². The number of rotatable bonds is 3. The number of nitrogens with two attached hydrogens (primary N) is 1. The second-order valence-corrected chi connectivity index (χ2v) is 1.71. The number of ether oxygens (including phenoxy) is 1. The highest BCUT2D eigenvalue weighted by atomic mass is 16.5. The lowest BCUT2D eigenvalue weighted by molar-refractivity contribution is 0.298. The highest BCUT2D eigenvalue weighted by Gasteiger charge is 1.92. The van der Waals surface area contributed by atoms with Crippen LogP contribution in [0.5, 0.6) is 0 Å². The van der Waals surface area contributed by atoms with E-state index < -0.39 is 0 Å². The van der Waals surface area contributed by atoms with Crippen LogP contribution in [0.4, 0.5) is 0 Å². The predicted molar refractivity (Wildman–Crippen MR) is 38.7 cm³/mol. The molecule has 0 aliphatic rings. The third-order valence-electron chi connectivity index (χ3n) is 0.926. The Morgan fingerprint density at radius 3 is 2.44 bits per heavy atom. The molecule has 0 rings (SSSR count). The van der Waals surface area contributed by atoms with Crippen molar-refractivity contribution in [2.75, 3.05) is 7.11 Å². The number of hydrogen-bond acceptors (Lipinski definition) is 2. The molecule has 0 aromatic carbocycles. The maximum Gasteiger partial charge on any atom is 0.137 e. The number of hydrogen-bond donors (Lipinski definition) is 1. The summed E-state index contributed by atoms with van der Waals surface area (Å²) in [7, 11) is 1.58. The molecule has 0 unspecified atom stereocenters. The van der Waals surface area contributed by atoms with Crippen LogP contribution in [-0.4, -0.2) is 7.11 Å². The molecule has 9 heavy (non-hydrogen) atoms. The summed E-state index contributed by atoms with van der Waals surface area (Å²) in [6.07, 6.45) is 2.81. The highest BCUT2D eigenvalue weighted by Crippen LogP contribution is 2.02. The zero-order valence-electron chi connectivity index (χ0n) is 5.98. The van der Waals surface area contributed by atoms with Gasteiger partial charge in [0.1, 0.15) is 5.76 Å². The van der Waals surface area contributed by atoms with Crippen LogP contribution >= 0.6 is 0 Å². The van der Waals surface area contributed by atoms with Gasteiger partial charge in [0.15, 0.2) is 0 Å². The van der Waals surface area contributed by atoms with Crippen molar-refractivity contribution in [1.82, 2.24) is 0 Å². The Morgan fingerprint density at radius 2 is 2.33 bits per heavy atom. The molecule has 2 heteroatoms. The Hall–Kier alpha value is -0.920. The van der Waals surface area contributed by atoms with Gasteiger partial charge in [-0.3, -0.25) is 0 Å². The minimum Gasteiger partial charge on any atom is -0.495 e. The second kappa shape index (κ2) is 4.01. The molecule has 0 aliphatic heterocycles. The quantitative estimate of drug-likeness (QED) is 0.459. The van der Waals surface area contributed by atoms with Crippen molar-refractivity contribution in [2.45, 2.75) is 13.3 Å². The van der Waals surface area contributed by atoms with Crippen molar-refractivity contribution in [3.8, 4) is 0 Å². The van der Waals surface area contributed by atoms with Crippen LogP contribution in [0, 0.1) is 0 Å². The molecule has 0 aromatic heterocycles. The summed E-state index contributed by atoms with van der Waals surface area (Å²) in [5.74, 6) is 0.678. The fraction of sp³-hybridized carbons (Fsp3) is 0.429. The summed E-state index contributed by atoms with van der Waals surface area (Å²) < 4.78 is 4.89. The lowest BCUT2D eigenvalue weighted by Gasteiger charge is -2.02. The van der Waals surface area contributed by atoms with Gasteiger partial charge in [0.2, 0.25) is 0 Å². The van der Waals surface area contributed by atoms with Crippen LogP contribution in [-0.2, 0) is 4.74 Å². The van der Waals surface area contributed by atoms with Gasteiger partial charge in [0.05, 0.1) is 12.8 Å². The fourth-order valence-electron chi connectivity index (χ4n) is 0.531. The molecule has 0 spiro atoms. The van der Waals surface area contributed by atoms with Gasteiger partial charge >= 0.3 is 0 Å². The Bertz CT molecular complexity index is 127. The van der Waals surface area contributed by atoms with E-state index in [1.807, 2.05) is 13.0 Å². The topological polar surface area (TPSA) is 35.2 Å². The molecule has 52 valence electrons. The monoisotopic (exact) mass is 127 g/mol. The van der Waals surface area contributed by atoms with Crippen LogP contribution in [0.3, 0.4) is 0 Å². The molecule has 2 nitrogen and oxygen atoms in total. The minimum absolute atomic E-state index is 0.486. The molecule has 0 fully saturated rings. The molecule has 0 aromatic rings. The second-order valence-electron chi connectivity index (χ2n) is 1.71. The first-order valence-electron chi connectivity index (χ1n) is 2.91. The van der Waals surface area contributed by atoms with Crippen LogP contribution in [0.15, 0.2) is 24.1 Å². The Labute approximate surface area is 56.0 Å². The van der Waals surface area contributed by atoms with E-state index in [9.17, 15) is 0 Å². The normalized spacial score (nSPS) is 11.1. The van der Waals surface area contributed by atoms with Gasteiger partial charge in [-0.2, -0.15) is 0 Å². The van der Waals surface area contributed by atoms with Gasteiger partial charge in [-0.05, 0) is 12.5 Å². The van der Waals surface area contributed by atoms with Crippen LogP contribution in [0.2, 0.25) is 0 Å². The van der Waals surface area contributed by atoms with Crippen LogP contribution in [0.1, 0.15) is 13.3 Å². The first kappa shape index (κ1) is 8.08. The van der Waals surface area contributed by atoms with Crippen LogP contribution in [0.25, 0.3) is 0 Å².